The molecule has 2 aliphatic rings. The van der Waals surface area contributed by atoms with Crippen molar-refractivity contribution in [3.8, 4) is 0 Å². The third-order valence-corrected chi connectivity index (χ3v) is 4.45. The molecule has 2 aliphatic heterocycles. The van der Waals surface area contributed by atoms with Gasteiger partial charge in [0.1, 0.15) is 0 Å². The van der Waals surface area contributed by atoms with E-state index >= 15 is 0 Å². The van der Waals surface area contributed by atoms with Crippen LogP contribution < -0.4 is 5.32 Å². The van der Waals surface area contributed by atoms with Gasteiger partial charge in [-0.25, -0.2) is 0 Å². The largest absolute Gasteiger partial charge is 0.295 e. The zero-order valence-electron chi connectivity index (χ0n) is 11.5. The summed E-state index contributed by atoms with van der Waals surface area (Å²) >= 11 is 0. The minimum Gasteiger partial charge on any atom is -0.295 e. The number of likely N-dealkylation sites (tertiary alicyclic amines) is 1. The molecule has 1 N–H and O–H groups in total. The summed E-state index contributed by atoms with van der Waals surface area (Å²) in [7, 11) is 0. The molecule has 0 unspecified atom stereocenters. The van der Waals surface area contributed by atoms with Crippen molar-refractivity contribution < 1.29 is 9.59 Å². The Morgan fingerprint density at radius 3 is 2.35 bits per heavy atom. The monoisotopic (exact) mass is 272 g/mol. The number of piperidine rings is 2. The Balaban J connectivity index is 1.59. The van der Waals surface area contributed by atoms with Crippen LogP contribution in [-0.2, 0) is 9.59 Å². The molecule has 1 atom stereocenters. The zero-order valence-corrected chi connectivity index (χ0v) is 11.5. The first kappa shape index (κ1) is 13.3. The molecule has 106 valence electrons. The number of hydrogen-bond donors (Lipinski definition) is 1. The van der Waals surface area contributed by atoms with E-state index in [1.54, 1.807) is 0 Å². The Labute approximate surface area is 119 Å². The molecule has 0 aliphatic carbocycles. The van der Waals surface area contributed by atoms with E-state index in [-0.39, 0.29) is 17.9 Å². The summed E-state index contributed by atoms with van der Waals surface area (Å²) < 4.78 is 0. The fourth-order valence-corrected chi connectivity index (χ4v) is 3.30. The number of amides is 2. The third-order valence-electron chi connectivity index (χ3n) is 4.45. The van der Waals surface area contributed by atoms with Crippen LogP contribution in [0.5, 0.6) is 0 Å². The number of nitrogens with zero attached hydrogens (tertiary/aromatic N) is 1. The van der Waals surface area contributed by atoms with Crippen molar-refractivity contribution in [2.45, 2.75) is 37.6 Å². The average molecular weight is 272 g/mol. The van der Waals surface area contributed by atoms with Gasteiger partial charge in [0, 0.05) is 6.42 Å². The number of carbonyl (C=O) groups is 2. The second-order valence-corrected chi connectivity index (χ2v) is 5.69. The number of carbonyl (C=O) groups excluding carboxylic acids is 2. The van der Waals surface area contributed by atoms with Gasteiger partial charge in [0.15, 0.2) is 0 Å². The Morgan fingerprint density at radius 1 is 1.00 bits per heavy atom. The van der Waals surface area contributed by atoms with E-state index < -0.39 is 0 Å². The second kappa shape index (κ2) is 5.75. The Hall–Kier alpha value is -1.68. The summed E-state index contributed by atoms with van der Waals surface area (Å²) in [6.07, 6.45) is 3.30. The van der Waals surface area contributed by atoms with Gasteiger partial charge in [-0.05, 0) is 43.8 Å². The molecule has 20 heavy (non-hydrogen) atoms. The fourth-order valence-electron chi connectivity index (χ4n) is 3.30. The highest BCUT2D eigenvalue weighted by Gasteiger charge is 2.33. The van der Waals surface area contributed by atoms with Crippen LogP contribution in [0.2, 0.25) is 0 Å². The summed E-state index contributed by atoms with van der Waals surface area (Å²) in [6, 6.07) is 10.5. The Kier molecular flexibility index (Phi) is 3.83. The minimum atomic E-state index is -0.134. The zero-order chi connectivity index (χ0) is 13.9. The van der Waals surface area contributed by atoms with Crippen molar-refractivity contribution in [1.82, 2.24) is 10.2 Å². The molecular formula is C16H20N2O2. The predicted octanol–water partition coefficient (Wildman–Crippen LogP) is 1.67. The molecule has 0 saturated carbocycles. The van der Waals surface area contributed by atoms with Crippen LogP contribution in [0, 0.1) is 0 Å². The average Bonchev–Trinajstić information content (AvgIpc) is 2.48. The molecule has 0 spiro atoms. The third kappa shape index (κ3) is 2.75. The van der Waals surface area contributed by atoms with Crippen molar-refractivity contribution in [2.24, 2.45) is 0 Å². The minimum absolute atomic E-state index is 0.107. The van der Waals surface area contributed by atoms with E-state index in [2.05, 4.69) is 34.5 Å². The van der Waals surface area contributed by atoms with E-state index in [0.717, 1.165) is 25.9 Å². The summed E-state index contributed by atoms with van der Waals surface area (Å²) in [5, 5.41) is 2.45. The molecular weight excluding hydrogens is 252 g/mol. The molecule has 0 aromatic heterocycles. The summed E-state index contributed by atoms with van der Waals surface area (Å²) in [4.78, 5) is 25.3. The first-order valence-electron chi connectivity index (χ1n) is 7.37. The van der Waals surface area contributed by atoms with Crippen LogP contribution in [0.3, 0.4) is 0 Å². The van der Waals surface area contributed by atoms with Gasteiger partial charge in [0.05, 0.1) is 6.04 Å². The topological polar surface area (TPSA) is 49.4 Å². The predicted molar refractivity (Wildman–Crippen MR) is 76.2 cm³/mol. The summed E-state index contributed by atoms with van der Waals surface area (Å²) in [6.45, 7) is 1.87. The molecule has 2 amide bonds. The molecule has 2 fully saturated rings. The lowest BCUT2D eigenvalue weighted by atomic mass is 9.88. The lowest BCUT2D eigenvalue weighted by Crippen LogP contribution is -2.54. The van der Waals surface area contributed by atoms with Crippen molar-refractivity contribution >= 4 is 11.8 Å². The van der Waals surface area contributed by atoms with Crippen molar-refractivity contribution in [3.05, 3.63) is 35.9 Å². The summed E-state index contributed by atoms with van der Waals surface area (Å²) in [5.74, 6) is 0.352. The van der Waals surface area contributed by atoms with Gasteiger partial charge in [-0.2, -0.15) is 0 Å². The van der Waals surface area contributed by atoms with Crippen molar-refractivity contribution in [2.75, 3.05) is 13.1 Å². The number of hydrogen-bond acceptors (Lipinski definition) is 3. The molecule has 2 heterocycles. The molecule has 0 bridgehead atoms. The van der Waals surface area contributed by atoms with Crippen LogP contribution in [-0.4, -0.2) is 35.8 Å². The summed E-state index contributed by atoms with van der Waals surface area (Å²) in [5.41, 5.74) is 1.40. The lowest BCUT2D eigenvalue weighted by molar-refractivity contribution is -0.137. The number of benzene rings is 1. The quantitative estimate of drug-likeness (QED) is 0.833. The van der Waals surface area contributed by atoms with Gasteiger partial charge in [-0.15, -0.1) is 0 Å². The van der Waals surface area contributed by atoms with Crippen LogP contribution in [0.1, 0.15) is 37.2 Å². The van der Waals surface area contributed by atoms with Gasteiger partial charge >= 0.3 is 0 Å². The van der Waals surface area contributed by atoms with Crippen molar-refractivity contribution in [3.63, 3.8) is 0 Å². The molecule has 4 nitrogen and oxygen atoms in total. The first-order chi connectivity index (χ1) is 9.74. The van der Waals surface area contributed by atoms with E-state index in [4.69, 9.17) is 0 Å². The maximum Gasteiger partial charge on any atom is 0.243 e. The van der Waals surface area contributed by atoms with Gasteiger partial charge in [-0.1, -0.05) is 30.3 Å². The standard InChI is InChI=1S/C16H20N2O2/c19-15-7-6-14(16(20)17-15)18-10-8-13(9-11-18)12-4-2-1-3-5-12/h1-5,13-14H,6-11H2,(H,17,19,20)/t14-/m1/s1. The molecule has 4 heteroatoms. The van der Waals surface area contributed by atoms with E-state index in [1.165, 1.54) is 5.56 Å². The Bertz CT molecular complexity index is 492. The first-order valence-corrected chi connectivity index (χ1v) is 7.37. The van der Waals surface area contributed by atoms with Crippen LogP contribution in [0.15, 0.2) is 30.3 Å². The smallest absolute Gasteiger partial charge is 0.243 e. The molecule has 1 aromatic carbocycles. The van der Waals surface area contributed by atoms with E-state index in [1.807, 2.05) is 6.07 Å². The highest BCUT2D eigenvalue weighted by atomic mass is 16.2. The number of imide groups is 1. The molecule has 3 rings (SSSR count). The highest BCUT2D eigenvalue weighted by Crippen LogP contribution is 2.29. The van der Waals surface area contributed by atoms with Crippen LogP contribution in [0.25, 0.3) is 0 Å². The van der Waals surface area contributed by atoms with Gasteiger partial charge in [0.2, 0.25) is 11.8 Å². The van der Waals surface area contributed by atoms with Gasteiger partial charge in [0.25, 0.3) is 0 Å². The van der Waals surface area contributed by atoms with E-state index in [0.29, 0.717) is 18.8 Å². The molecule has 0 radical (unpaired) electrons. The van der Waals surface area contributed by atoms with E-state index in [9.17, 15) is 9.59 Å². The van der Waals surface area contributed by atoms with Crippen LogP contribution >= 0.6 is 0 Å². The Morgan fingerprint density at radius 2 is 1.70 bits per heavy atom. The molecule has 1 aromatic rings. The van der Waals surface area contributed by atoms with Gasteiger partial charge < -0.3 is 0 Å². The SMILES string of the molecule is O=C1CC[C@@H](N2CCC(c3ccccc3)CC2)C(=O)N1. The highest BCUT2D eigenvalue weighted by molar-refractivity contribution is 6.00. The maximum absolute atomic E-state index is 11.9. The fraction of sp³-hybridized carbons (Fsp3) is 0.500. The second-order valence-electron chi connectivity index (χ2n) is 5.69. The number of nitrogens with one attached hydrogen (secondary N) is 1. The van der Waals surface area contributed by atoms with Crippen LogP contribution in [0.4, 0.5) is 0 Å². The normalized spacial score (nSPS) is 25.5. The van der Waals surface area contributed by atoms with Crippen molar-refractivity contribution in [1.29, 1.82) is 0 Å². The maximum atomic E-state index is 11.9. The number of rotatable bonds is 2. The van der Waals surface area contributed by atoms with Gasteiger partial charge in [-0.3, -0.25) is 19.8 Å². The lowest BCUT2D eigenvalue weighted by Gasteiger charge is -2.38. The molecule has 2 saturated heterocycles.